The number of benzene rings is 11. The molecule has 0 unspecified atom stereocenters. The molecule has 0 spiro atoms. The van der Waals surface area contributed by atoms with Crippen LogP contribution in [0.4, 0.5) is 17.1 Å². The van der Waals surface area contributed by atoms with Crippen molar-refractivity contribution < 1.29 is 4.42 Å². The lowest BCUT2D eigenvalue weighted by molar-refractivity contribution is 0.569. The molecule has 0 bridgehead atoms. The maximum atomic E-state index is 6.62. The van der Waals surface area contributed by atoms with Gasteiger partial charge in [-0.05, 0) is 124 Å². The fourth-order valence-electron chi connectivity index (χ4n) is 10.6. The summed E-state index contributed by atoms with van der Waals surface area (Å²) in [5, 5.41) is 9.73. The highest BCUT2D eigenvalue weighted by molar-refractivity contribution is 6.13. The van der Waals surface area contributed by atoms with Crippen LogP contribution in [0.2, 0.25) is 0 Å². The summed E-state index contributed by atoms with van der Waals surface area (Å²) in [4.78, 5) is 2.44. The lowest BCUT2D eigenvalue weighted by Gasteiger charge is -2.29. The van der Waals surface area contributed by atoms with Crippen LogP contribution in [0.15, 0.2) is 229 Å². The van der Waals surface area contributed by atoms with E-state index in [0.29, 0.717) is 0 Å². The van der Waals surface area contributed by atoms with Crippen LogP contribution in [0.5, 0.6) is 0 Å². The fraction of sp³-hybridized carbons (Fsp3) is 0.118. The van der Waals surface area contributed by atoms with Gasteiger partial charge in [0, 0.05) is 33.3 Å². The number of rotatable bonds is 7. The monoisotopic (exact) mass is 901 g/mol. The molecular formula is C68H55NO. The van der Waals surface area contributed by atoms with Crippen LogP contribution >= 0.6 is 0 Å². The van der Waals surface area contributed by atoms with Crippen molar-refractivity contribution in [3.05, 3.63) is 236 Å². The molecule has 1 heterocycles. The molecule has 0 amide bonds. The van der Waals surface area contributed by atoms with E-state index in [4.69, 9.17) is 4.42 Å². The van der Waals surface area contributed by atoms with E-state index in [1.165, 1.54) is 71.3 Å². The van der Waals surface area contributed by atoms with E-state index >= 15 is 0 Å². The van der Waals surface area contributed by atoms with Gasteiger partial charge in [0.1, 0.15) is 11.2 Å². The Morgan fingerprint density at radius 1 is 0.329 bits per heavy atom. The average Bonchev–Trinajstić information content (AvgIpc) is 3.77. The minimum atomic E-state index is -0.0153. The van der Waals surface area contributed by atoms with Crippen LogP contribution in [-0.4, -0.2) is 0 Å². The zero-order chi connectivity index (χ0) is 47.7. The van der Waals surface area contributed by atoms with Crippen molar-refractivity contribution in [2.75, 3.05) is 4.90 Å². The van der Waals surface area contributed by atoms with Gasteiger partial charge >= 0.3 is 0 Å². The Labute approximate surface area is 411 Å². The molecule has 12 aromatic rings. The third kappa shape index (κ3) is 7.52. The van der Waals surface area contributed by atoms with Gasteiger partial charge in [0.05, 0.1) is 5.69 Å². The predicted octanol–water partition coefficient (Wildman–Crippen LogP) is 19.8. The summed E-state index contributed by atoms with van der Waals surface area (Å²) in [6.45, 7) is 13.9. The fourth-order valence-corrected chi connectivity index (χ4v) is 10.6. The van der Waals surface area contributed by atoms with Gasteiger partial charge in [-0.2, -0.15) is 0 Å². The molecule has 0 aliphatic heterocycles. The first-order chi connectivity index (χ1) is 34.0. The quantitative estimate of drug-likeness (QED) is 0.148. The van der Waals surface area contributed by atoms with Gasteiger partial charge < -0.3 is 9.32 Å². The van der Waals surface area contributed by atoms with Gasteiger partial charge in [-0.15, -0.1) is 0 Å². The lowest BCUT2D eigenvalue weighted by atomic mass is 9.78. The largest absolute Gasteiger partial charge is 0.455 e. The van der Waals surface area contributed by atoms with E-state index in [1.54, 1.807) is 0 Å². The van der Waals surface area contributed by atoms with E-state index in [1.807, 2.05) is 6.07 Å². The van der Waals surface area contributed by atoms with Crippen LogP contribution < -0.4 is 4.90 Å². The molecule has 0 N–H and O–H groups in total. The number of hydrogen-bond donors (Lipinski definition) is 0. The number of anilines is 3. The van der Waals surface area contributed by atoms with Crippen molar-refractivity contribution >= 4 is 71.3 Å². The molecule has 12 rings (SSSR count). The molecule has 70 heavy (non-hydrogen) atoms. The molecule has 2 nitrogen and oxygen atoms in total. The first kappa shape index (κ1) is 43.1. The molecule has 0 saturated carbocycles. The molecule has 0 aliphatic carbocycles. The molecule has 1 aromatic heterocycles. The highest BCUT2D eigenvalue weighted by atomic mass is 16.3. The minimum Gasteiger partial charge on any atom is -0.455 e. The van der Waals surface area contributed by atoms with Crippen LogP contribution in [0, 0.1) is 0 Å². The minimum absolute atomic E-state index is 0.0153. The molecule has 11 aromatic carbocycles. The Kier molecular flexibility index (Phi) is 10.3. The third-order valence-corrected chi connectivity index (χ3v) is 14.4. The van der Waals surface area contributed by atoms with Gasteiger partial charge in [-0.25, -0.2) is 0 Å². The Balaban J connectivity index is 1.06. The summed E-state index contributed by atoms with van der Waals surface area (Å²) >= 11 is 0. The number of hydrogen-bond acceptors (Lipinski definition) is 2. The zero-order valence-corrected chi connectivity index (χ0v) is 40.7. The van der Waals surface area contributed by atoms with Crippen LogP contribution in [0.25, 0.3) is 98.8 Å². The van der Waals surface area contributed by atoms with Crippen molar-refractivity contribution in [3.8, 4) is 44.5 Å². The maximum absolute atomic E-state index is 6.62. The summed E-state index contributed by atoms with van der Waals surface area (Å²) in [6, 6.07) is 82.6. The number of para-hydroxylation sites is 3. The lowest BCUT2D eigenvalue weighted by Crippen LogP contribution is -2.16. The number of fused-ring (bicyclic) bond motifs is 7. The number of nitrogens with zero attached hydrogens (tertiary/aromatic N) is 1. The van der Waals surface area contributed by atoms with Gasteiger partial charge in [0.15, 0.2) is 0 Å². The second-order valence-corrected chi connectivity index (χ2v) is 20.9. The maximum Gasteiger partial charge on any atom is 0.143 e. The Morgan fingerprint density at radius 2 is 0.914 bits per heavy atom. The predicted molar refractivity (Wildman–Crippen MR) is 300 cm³/mol. The van der Waals surface area contributed by atoms with Crippen molar-refractivity contribution in [1.82, 2.24) is 0 Å². The van der Waals surface area contributed by atoms with Gasteiger partial charge in [-0.1, -0.05) is 230 Å². The van der Waals surface area contributed by atoms with E-state index in [0.717, 1.165) is 55.7 Å². The molecule has 0 atom stereocenters. The van der Waals surface area contributed by atoms with Crippen molar-refractivity contribution in [2.24, 2.45) is 0 Å². The number of furan rings is 1. The summed E-state index contributed by atoms with van der Waals surface area (Å²) in [5.41, 5.74) is 17.0. The van der Waals surface area contributed by atoms with E-state index < -0.39 is 0 Å². The zero-order valence-electron chi connectivity index (χ0n) is 40.7. The smallest absolute Gasteiger partial charge is 0.143 e. The van der Waals surface area contributed by atoms with E-state index in [-0.39, 0.29) is 10.8 Å². The van der Waals surface area contributed by atoms with Crippen molar-refractivity contribution in [2.45, 2.75) is 52.4 Å². The second-order valence-electron chi connectivity index (χ2n) is 20.9. The summed E-state index contributed by atoms with van der Waals surface area (Å²) in [7, 11) is 0. The van der Waals surface area contributed by atoms with Crippen LogP contribution in [0.3, 0.4) is 0 Å². The first-order valence-corrected chi connectivity index (χ1v) is 24.6. The standard InChI is InChI=1S/C68H55NO/c1-67(2,3)49-40-48(41-50(43-49)68(4,5)6)55-27-14-19-46-20-15-30-61(65(46)55)59-24-9-11-32-63(59)69(52-22-13-21-47(42-52)56-28-17-31-62-60-25-10-12-33-64(60)70-66(56)62)51-37-34-45(35-38-51)54-26-16-29-57-53-23-8-7-18-44(53)36-39-58(54)57/h7-43H,1-6H3. The van der Waals surface area contributed by atoms with Crippen LogP contribution in [0.1, 0.15) is 52.7 Å². The van der Waals surface area contributed by atoms with Gasteiger partial charge in [0.25, 0.3) is 0 Å². The molecular weight excluding hydrogens is 847 g/mol. The van der Waals surface area contributed by atoms with Crippen molar-refractivity contribution in [3.63, 3.8) is 0 Å². The highest BCUT2D eigenvalue weighted by Gasteiger charge is 2.24. The highest BCUT2D eigenvalue weighted by Crippen LogP contribution is 2.47. The van der Waals surface area contributed by atoms with E-state index in [2.05, 4.69) is 265 Å². The van der Waals surface area contributed by atoms with Crippen LogP contribution in [-0.2, 0) is 10.8 Å². The average molecular weight is 902 g/mol. The molecule has 0 aliphatic rings. The SMILES string of the molecule is CC(C)(C)c1cc(-c2cccc3cccc(-c4ccccc4N(c4ccc(-c5cccc6c5ccc5ccccc56)cc4)c4cccc(-c5cccc6c5oc5ccccc56)c4)c23)cc(C(C)(C)C)c1. The van der Waals surface area contributed by atoms with Gasteiger partial charge in [-0.3, -0.25) is 0 Å². The molecule has 0 fully saturated rings. The molecule has 0 radical (unpaired) electrons. The normalized spacial score (nSPS) is 12.1. The summed E-state index contributed by atoms with van der Waals surface area (Å²) < 4.78 is 6.62. The van der Waals surface area contributed by atoms with Crippen molar-refractivity contribution in [1.29, 1.82) is 0 Å². The first-order valence-electron chi connectivity index (χ1n) is 24.6. The third-order valence-electron chi connectivity index (χ3n) is 14.4. The second kappa shape index (κ2) is 16.8. The Bertz CT molecular complexity index is 3930. The Morgan fingerprint density at radius 3 is 1.69 bits per heavy atom. The summed E-state index contributed by atoms with van der Waals surface area (Å²) in [6.07, 6.45) is 0. The molecule has 2 heteroatoms. The van der Waals surface area contributed by atoms with E-state index in [9.17, 15) is 0 Å². The Hall–Kier alpha value is -8.20. The van der Waals surface area contributed by atoms with Gasteiger partial charge in [0.2, 0.25) is 0 Å². The topological polar surface area (TPSA) is 16.4 Å². The molecule has 338 valence electrons. The molecule has 0 saturated heterocycles. The summed E-state index contributed by atoms with van der Waals surface area (Å²) in [5.74, 6) is 0.